The van der Waals surface area contributed by atoms with E-state index in [1.165, 1.54) is 117 Å². The molecule has 666 valence electrons. The van der Waals surface area contributed by atoms with E-state index in [1.807, 2.05) is 0 Å². The van der Waals surface area contributed by atoms with E-state index in [9.17, 15) is 97.5 Å². The van der Waals surface area contributed by atoms with Gasteiger partial charge in [0.05, 0.1) is 50.4 Å². The Morgan fingerprint density at radius 3 is 1.11 bits per heavy atom. The summed E-state index contributed by atoms with van der Waals surface area (Å²) >= 11 is 0.739. The molecule has 12 atom stereocenters. The van der Waals surface area contributed by atoms with Gasteiger partial charge in [0.25, 0.3) is 0 Å². The molecule has 0 aliphatic carbocycles. The van der Waals surface area contributed by atoms with Gasteiger partial charge in [0.15, 0.2) is 0 Å². The van der Waals surface area contributed by atoms with Gasteiger partial charge in [-0.15, -0.1) is 11.8 Å². The molecule has 1 saturated heterocycles. The molecule has 0 saturated carbocycles. The lowest BCUT2D eigenvalue weighted by molar-refractivity contribution is -0.136. The summed E-state index contributed by atoms with van der Waals surface area (Å²) in [5.41, 5.74) is 12.5. The van der Waals surface area contributed by atoms with Gasteiger partial charge in [-0.1, -0.05) is 90.1 Å². The van der Waals surface area contributed by atoms with Crippen molar-refractivity contribution in [2.75, 3.05) is 37.7 Å². The minimum Gasteiger partial charge on any atom is -0.508 e. The predicted octanol–water partition coefficient (Wildman–Crippen LogP) is -4.83. The summed E-state index contributed by atoms with van der Waals surface area (Å²) in [5.74, 6) is -20.3. The van der Waals surface area contributed by atoms with Crippen LogP contribution < -0.4 is 91.2 Å². The van der Waals surface area contributed by atoms with Crippen molar-refractivity contribution in [3.63, 3.8) is 0 Å². The summed E-state index contributed by atoms with van der Waals surface area (Å²) in [6.45, 7) is 7.67. The Kier molecular flexibility index (Phi) is 39.0. The maximum Gasteiger partial charge on any atom is 0.245 e. The number of aliphatic hydroxyl groups is 1. The summed E-state index contributed by atoms with van der Waals surface area (Å²) in [5, 5.41) is 88.7. The fourth-order valence-electron chi connectivity index (χ4n) is 12.5. The molecule has 1 aliphatic heterocycles. The fraction of sp³-hybridized carbons (Fsp3) is 0.457. The van der Waals surface area contributed by atoms with E-state index >= 15 is 9.59 Å². The number of hydrogen-bond acceptors (Lipinski definition) is 24. The number of carbonyl (C=O) groups excluding carboxylic acids is 17. The molecule has 0 bridgehead atoms. The quantitative estimate of drug-likeness (QED) is 0.0309. The van der Waals surface area contributed by atoms with Gasteiger partial charge in [-0.25, -0.2) is 4.98 Å². The molecule has 4 aromatic carbocycles. The molecule has 1 fully saturated rings. The number of aromatic nitrogens is 2. The second kappa shape index (κ2) is 48.7. The van der Waals surface area contributed by atoms with Crippen LogP contribution in [0.25, 0.3) is 0 Å². The number of phenols is 4. The summed E-state index contributed by atoms with van der Waals surface area (Å²) in [6.07, 6.45) is -0.216. The number of nitrogens with two attached hydrogens (primary N) is 2. The number of hydrogen-bond donors (Lipinski definition) is 23. The van der Waals surface area contributed by atoms with Crippen LogP contribution in [0.3, 0.4) is 0 Å². The predicted molar refractivity (Wildman–Crippen MR) is 443 cm³/mol. The Balaban J connectivity index is 1.40. The Hall–Kier alpha value is -13.4. The summed E-state index contributed by atoms with van der Waals surface area (Å²) < 4.78 is 0. The maximum absolute atomic E-state index is 15.1. The summed E-state index contributed by atoms with van der Waals surface area (Å²) in [4.78, 5) is 246. The van der Waals surface area contributed by atoms with Crippen LogP contribution >= 0.6 is 11.8 Å². The van der Waals surface area contributed by atoms with Crippen molar-refractivity contribution in [3.8, 4) is 23.0 Å². The lowest BCUT2D eigenvalue weighted by atomic mass is 9.99. The average Bonchev–Trinajstić information content (AvgIpc) is 1.50. The first kappa shape index (κ1) is 98.4. The molecule has 123 heavy (non-hydrogen) atoms. The van der Waals surface area contributed by atoms with Gasteiger partial charge < -0.3 is 122 Å². The van der Waals surface area contributed by atoms with Crippen LogP contribution in [0.2, 0.25) is 0 Å². The summed E-state index contributed by atoms with van der Waals surface area (Å²) in [6, 6.07) is 2.42. The van der Waals surface area contributed by atoms with E-state index < -0.39 is 217 Å². The van der Waals surface area contributed by atoms with E-state index in [1.54, 1.807) is 41.5 Å². The molecule has 0 radical (unpaired) electrons. The average molecular weight is 1730 g/mol. The van der Waals surface area contributed by atoms with Crippen LogP contribution in [0.15, 0.2) is 110 Å². The van der Waals surface area contributed by atoms with Gasteiger partial charge in [0, 0.05) is 44.1 Å². The minimum atomic E-state index is -1.85. The molecule has 0 unspecified atom stereocenters. The largest absolute Gasteiger partial charge is 0.508 e. The molecule has 42 heteroatoms. The van der Waals surface area contributed by atoms with Crippen molar-refractivity contribution in [3.05, 3.63) is 138 Å². The molecular formula is C81H109N19O22S. The van der Waals surface area contributed by atoms with Gasteiger partial charge in [0.1, 0.15) is 95.5 Å². The number of aromatic hydroxyl groups is 4. The smallest absolute Gasteiger partial charge is 0.245 e. The first-order chi connectivity index (χ1) is 58.2. The number of imidazole rings is 1. The van der Waals surface area contributed by atoms with E-state index in [0.717, 1.165) is 11.8 Å². The van der Waals surface area contributed by atoms with Gasteiger partial charge >= 0.3 is 0 Å². The number of carbonyl (C=O) groups is 17. The highest BCUT2D eigenvalue weighted by atomic mass is 32.2. The number of aliphatic hydroxyl groups excluding tert-OH is 1. The molecule has 0 spiro atoms. The fourth-order valence-corrected chi connectivity index (χ4v) is 13.3. The molecule has 5 aromatic rings. The lowest BCUT2D eigenvalue weighted by Crippen LogP contribution is -2.61. The monoisotopic (exact) mass is 1730 g/mol. The summed E-state index contributed by atoms with van der Waals surface area (Å²) in [7, 11) is 0. The molecule has 1 aliphatic rings. The second-order valence-electron chi connectivity index (χ2n) is 30.7. The number of nitrogens with zero attached hydrogens (tertiary/aromatic N) is 1. The Bertz CT molecular complexity index is 4500. The third kappa shape index (κ3) is 34.7. The van der Waals surface area contributed by atoms with Crippen molar-refractivity contribution in [1.82, 2.24) is 89.7 Å². The number of aromatic amines is 1. The van der Waals surface area contributed by atoms with Crippen LogP contribution in [-0.2, 0) is 114 Å². The van der Waals surface area contributed by atoms with E-state index in [4.69, 9.17) is 11.5 Å². The van der Waals surface area contributed by atoms with Gasteiger partial charge in [-0.2, -0.15) is 0 Å². The number of H-pyrrole nitrogens is 1. The van der Waals surface area contributed by atoms with E-state index in [-0.39, 0.29) is 97.8 Å². The van der Waals surface area contributed by atoms with Gasteiger partial charge in [0.2, 0.25) is 100 Å². The van der Waals surface area contributed by atoms with Crippen LogP contribution in [-0.4, -0.2) is 246 Å². The van der Waals surface area contributed by atoms with Gasteiger partial charge in [-0.3, -0.25) is 81.5 Å². The third-order valence-electron chi connectivity index (χ3n) is 18.8. The first-order valence-corrected chi connectivity index (χ1v) is 40.7. The third-order valence-corrected chi connectivity index (χ3v) is 19.8. The molecule has 41 nitrogen and oxygen atoms in total. The highest BCUT2D eigenvalue weighted by Gasteiger charge is 2.38. The Morgan fingerprint density at radius 1 is 0.407 bits per heavy atom. The van der Waals surface area contributed by atoms with Crippen LogP contribution in [0, 0.1) is 17.8 Å². The van der Waals surface area contributed by atoms with Crippen molar-refractivity contribution in [2.45, 2.75) is 179 Å². The van der Waals surface area contributed by atoms with Crippen LogP contribution in [0.1, 0.15) is 102 Å². The van der Waals surface area contributed by atoms with Crippen LogP contribution in [0.5, 0.6) is 23.0 Å². The topological polar surface area (TPSA) is 653 Å². The molecule has 2 heterocycles. The number of phenolic OH excluding ortho intramolecular Hbond substituents is 4. The molecular weight excluding hydrogens is 1620 g/mol. The SMILES string of the molecule is CC(C)C[C@@H]1NC(=O)[C@H](CC(N)=O)NC(=O)CNC(=O)[C@H](Cc2ccc(O)cc2)NC(=O)[C@H](CC(C)C)NC(=O)[C@H](CO)NC(=O)[C@H](C)NC(=O)[C@H](Cc2ccc(O)cc2)NC(=O)[C@H](Cc2ccc(O)cc2)NC(=O)[C@H](CC(C)C)NC(=O)[C@H](Cc2c[nH]cn2)NC(=O)[C@H](Cc2ccc(O)cc2)NC(=O)CSC[C@@H](C(=O)NCC(N)=O)NC(=O)CNC1=O. The zero-order valence-corrected chi connectivity index (χ0v) is 69.7. The number of amides is 17. The van der Waals surface area contributed by atoms with Crippen molar-refractivity contribution in [2.24, 2.45) is 29.2 Å². The lowest BCUT2D eigenvalue weighted by Gasteiger charge is -2.28. The number of rotatable bonds is 22. The Labute approximate surface area is 712 Å². The highest BCUT2D eigenvalue weighted by molar-refractivity contribution is 8.00. The standard InChI is InChI=1S/C81H109N19O22S/c1-41(2)24-54-71(112)86-36-68(109)92-64(73(114)85-34-66(83)107)38-123-39-69(110)91-58(28-46-10-18-51(103)19-11-46)77(118)99-61(31-49-33-84-40-88-49)79(120)94-55(25-42(3)4)76(117)98-60(30-48-14-22-53(105)23-15-48)78(119)97-59(29-47-12-20-52(104)21-13-47)74(115)89-44(7)70(111)100-63(37-101)81(122)95-56(26-43(5)6)75(116)96-57(27-45-8-16-50(102)17-9-45)72(113)87-35-67(108)90-62(32-65(82)106)80(121)93-54/h8-23,33,40-44,54-64,101-105H,24-32,34-39H2,1-7H3,(H2,82,106)(H2,83,107)(H,84,88)(H,85,114)(H,86,112)(H,87,113)(H,89,115)(H,90,108)(H,91,110)(H,92,109)(H,93,121)(H,94,120)(H,95,122)(H,96,116)(H,97,119)(H,98,117)(H,99,118)(H,100,111)/t44-,54-,55-,56-,57-,58-,59-,60-,61-,62-,63-,64-/m0/s1. The van der Waals surface area contributed by atoms with Crippen molar-refractivity contribution >= 4 is 112 Å². The number of primary amides is 2. The molecule has 17 amide bonds. The normalized spacial score (nSPS) is 22.9. The van der Waals surface area contributed by atoms with Crippen molar-refractivity contribution in [1.29, 1.82) is 0 Å². The second-order valence-corrected chi connectivity index (χ2v) is 31.7. The first-order valence-electron chi connectivity index (χ1n) is 39.5. The molecule has 25 N–H and O–H groups in total. The zero-order chi connectivity index (χ0) is 90.7. The Morgan fingerprint density at radius 2 is 0.732 bits per heavy atom. The number of benzene rings is 4. The molecule has 1 aromatic heterocycles. The molecule has 6 rings (SSSR count). The van der Waals surface area contributed by atoms with E-state index in [2.05, 4.69) is 89.7 Å². The number of nitrogens with one attached hydrogen (secondary N) is 16. The van der Waals surface area contributed by atoms with Gasteiger partial charge in [-0.05, 0) is 115 Å². The highest BCUT2D eigenvalue weighted by Crippen LogP contribution is 2.20. The maximum atomic E-state index is 15.1. The van der Waals surface area contributed by atoms with Crippen molar-refractivity contribution < 1.29 is 107 Å². The number of thioether (sulfide) groups is 1. The minimum absolute atomic E-state index is 0.119. The zero-order valence-electron chi connectivity index (χ0n) is 68.8. The van der Waals surface area contributed by atoms with Crippen LogP contribution in [0.4, 0.5) is 0 Å². The van der Waals surface area contributed by atoms with E-state index in [0.29, 0.717) is 22.3 Å².